The summed E-state index contributed by atoms with van der Waals surface area (Å²) >= 11 is 1.38. The molecule has 1 rings (SSSR count). The van der Waals surface area contributed by atoms with E-state index in [1.165, 1.54) is 11.8 Å². The van der Waals surface area contributed by atoms with Crippen molar-refractivity contribution < 1.29 is 15.0 Å². The number of hydrogen-bond acceptors (Lipinski definition) is 4. The molecule has 1 atom stereocenters. The van der Waals surface area contributed by atoms with Crippen LogP contribution >= 0.6 is 11.8 Å². The molecule has 1 amide bonds. The van der Waals surface area contributed by atoms with Crippen LogP contribution in [0.4, 0.5) is 0 Å². The molecule has 0 radical (unpaired) electrons. The van der Waals surface area contributed by atoms with Crippen LogP contribution in [-0.4, -0.2) is 57.8 Å². The second-order valence-electron chi connectivity index (χ2n) is 3.76. The van der Waals surface area contributed by atoms with Crippen molar-refractivity contribution in [3.63, 3.8) is 0 Å². The molecule has 5 heteroatoms. The minimum absolute atomic E-state index is 0.148. The van der Waals surface area contributed by atoms with E-state index in [4.69, 9.17) is 10.2 Å². The quantitative estimate of drug-likeness (QED) is 0.654. The summed E-state index contributed by atoms with van der Waals surface area (Å²) in [5, 5.41) is 17.7. The summed E-state index contributed by atoms with van der Waals surface area (Å²) < 4.78 is 0. The van der Waals surface area contributed by atoms with Crippen LogP contribution < -0.4 is 0 Å². The van der Waals surface area contributed by atoms with Crippen molar-refractivity contribution in [3.05, 3.63) is 0 Å². The summed E-state index contributed by atoms with van der Waals surface area (Å²) in [6, 6.07) is 0.464. The largest absolute Gasteiger partial charge is 0.394 e. The van der Waals surface area contributed by atoms with Crippen molar-refractivity contribution in [1.29, 1.82) is 0 Å². The first kappa shape index (κ1) is 12.8. The van der Waals surface area contributed by atoms with E-state index in [1.54, 1.807) is 0 Å². The van der Waals surface area contributed by atoms with Crippen LogP contribution in [0.3, 0.4) is 0 Å². The lowest BCUT2D eigenvalue weighted by Gasteiger charge is -2.20. The van der Waals surface area contributed by atoms with E-state index < -0.39 is 6.10 Å². The zero-order chi connectivity index (χ0) is 11.3. The molecule has 4 nitrogen and oxygen atoms in total. The minimum atomic E-state index is -0.709. The molecule has 2 N–H and O–H groups in total. The van der Waals surface area contributed by atoms with E-state index >= 15 is 0 Å². The van der Waals surface area contributed by atoms with Crippen molar-refractivity contribution in [2.24, 2.45) is 0 Å². The van der Waals surface area contributed by atoms with Gasteiger partial charge in [0.2, 0.25) is 5.91 Å². The maximum absolute atomic E-state index is 11.7. The zero-order valence-electron chi connectivity index (χ0n) is 9.06. The standard InChI is InChI=1S/C10H19NO3S/c1-2-11(8-3-4-8)10(14)7-15-6-9(13)5-12/h8-9,12-13H,2-7H2,1H3. The fraction of sp³-hybridized carbons (Fsp3) is 0.900. The predicted octanol–water partition coefficient (Wildman–Crippen LogP) is 0.0837. The van der Waals surface area contributed by atoms with Gasteiger partial charge in [0.15, 0.2) is 0 Å². The Morgan fingerprint density at radius 1 is 1.60 bits per heavy atom. The van der Waals surface area contributed by atoms with Gasteiger partial charge in [-0.2, -0.15) is 0 Å². The van der Waals surface area contributed by atoms with Gasteiger partial charge in [0.25, 0.3) is 0 Å². The molecule has 0 bridgehead atoms. The minimum Gasteiger partial charge on any atom is -0.394 e. The molecule has 0 aromatic heterocycles. The van der Waals surface area contributed by atoms with Gasteiger partial charge in [-0.3, -0.25) is 4.79 Å². The third-order valence-corrected chi connectivity index (χ3v) is 3.47. The second kappa shape index (κ2) is 6.35. The topological polar surface area (TPSA) is 60.8 Å². The Kier molecular flexibility index (Phi) is 5.42. The van der Waals surface area contributed by atoms with E-state index in [0.717, 1.165) is 19.4 Å². The number of hydrogen-bond donors (Lipinski definition) is 2. The Morgan fingerprint density at radius 2 is 2.27 bits per heavy atom. The number of rotatable bonds is 7. The SMILES string of the molecule is CCN(C(=O)CSCC(O)CO)C1CC1. The monoisotopic (exact) mass is 233 g/mol. The number of thioether (sulfide) groups is 1. The average molecular weight is 233 g/mol. The van der Waals surface area contributed by atoms with Crippen molar-refractivity contribution in [2.75, 3.05) is 24.7 Å². The normalized spacial score (nSPS) is 17.5. The number of carbonyl (C=O) groups excluding carboxylic acids is 1. The molecule has 1 fully saturated rings. The molecule has 0 heterocycles. The van der Waals surface area contributed by atoms with Gasteiger partial charge in [-0.05, 0) is 19.8 Å². The van der Waals surface area contributed by atoms with Gasteiger partial charge in [0, 0.05) is 18.3 Å². The Hall–Kier alpha value is -0.260. The first-order valence-corrected chi connectivity index (χ1v) is 6.50. The Bertz CT molecular complexity index is 209. The van der Waals surface area contributed by atoms with Crippen LogP contribution in [0.25, 0.3) is 0 Å². The van der Waals surface area contributed by atoms with E-state index in [9.17, 15) is 4.79 Å². The fourth-order valence-electron chi connectivity index (χ4n) is 1.44. The van der Waals surface area contributed by atoms with Crippen molar-refractivity contribution in [1.82, 2.24) is 4.90 Å². The molecule has 1 aliphatic rings. The van der Waals surface area contributed by atoms with Crippen LogP contribution in [-0.2, 0) is 4.79 Å². The van der Waals surface area contributed by atoms with Crippen LogP contribution in [0.15, 0.2) is 0 Å². The molecule has 15 heavy (non-hydrogen) atoms. The molecule has 1 unspecified atom stereocenters. The lowest BCUT2D eigenvalue weighted by molar-refractivity contribution is -0.128. The Balaban J connectivity index is 2.16. The summed E-state index contributed by atoms with van der Waals surface area (Å²) in [5.41, 5.74) is 0. The number of aliphatic hydroxyl groups is 2. The summed E-state index contributed by atoms with van der Waals surface area (Å²) in [4.78, 5) is 13.6. The molecule has 0 saturated heterocycles. The molecular formula is C10H19NO3S. The van der Waals surface area contributed by atoms with Crippen LogP contribution in [0, 0.1) is 0 Å². The highest BCUT2D eigenvalue weighted by molar-refractivity contribution is 7.99. The van der Waals surface area contributed by atoms with E-state index in [0.29, 0.717) is 17.5 Å². The first-order chi connectivity index (χ1) is 7.19. The molecule has 0 aromatic rings. The average Bonchev–Trinajstić information content (AvgIpc) is 3.03. The van der Waals surface area contributed by atoms with Crippen molar-refractivity contribution in [2.45, 2.75) is 31.9 Å². The number of amides is 1. The van der Waals surface area contributed by atoms with Gasteiger partial charge in [-0.1, -0.05) is 0 Å². The van der Waals surface area contributed by atoms with Gasteiger partial charge in [0.05, 0.1) is 18.5 Å². The summed E-state index contributed by atoms with van der Waals surface area (Å²) in [5.74, 6) is 0.974. The maximum Gasteiger partial charge on any atom is 0.232 e. The lowest BCUT2D eigenvalue weighted by atomic mass is 10.4. The van der Waals surface area contributed by atoms with E-state index in [1.807, 2.05) is 11.8 Å². The highest BCUT2D eigenvalue weighted by Crippen LogP contribution is 2.27. The smallest absolute Gasteiger partial charge is 0.232 e. The van der Waals surface area contributed by atoms with Crippen LogP contribution in [0.5, 0.6) is 0 Å². The van der Waals surface area contributed by atoms with E-state index in [2.05, 4.69) is 0 Å². The highest BCUT2D eigenvalue weighted by atomic mass is 32.2. The number of aliphatic hydroxyl groups excluding tert-OH is 2. The molecule has 0 aromatic carbocycles. The molecule has 1 saturated carbocycles. The zero-order valence-corrected chi connectivity index (χ0v) is 9.87. The molecule has 0 aliphatic heterocycles. The van der Waals surface area contributed by atoms with Gasteiger partial charge >= 0.3 is 0 Å². The van der Waals surface area contributed by atoms with Gasteiger partial charge in [0.1, 0.15) is 0 Å². The summed E-state index contributed by atoms with van der Waals surface area (Å²) in [6.45, 7) is 2.53. The van der Waals surface area contributed by atoms with Crippen molar-refractivity contribution >= 4 is 17.7 Å². The fourth-order valence-corrected chi connectivity index (χ4v) is 2.28. The number of carbonyl (C=O) groups is 1. The van der Waals surface area contributed by atoms with Gasteiger partial charge < -0.3 is 15.1 Å². The first-order valence-electron chi connectivity index (χ1n) is 5.35. The summed E-state index contributed by atoms with van der Waals surface area (Å²) in [7, 11) is 0. The van der Waals surface area contributed by atoms with E-state index in [-0.39, 0.29) is 12.5 Å². The summed E-state index contributed by atoms with van der Waals surface area (Å²) in [6.07, 6.45) is 1.55. The lowest BCUT2D eigenvalue weighted by Crippen LogP contribution is -2.34. The van der Waals surface area contributed by atoms with Crippen LogP contribution in [0.2, 0.25) is 0 Å². The Labute approximate surface area is 94.7 Å². The number of nitrogens with zero attached hydrogens (tertiary/aromatic N) is 1. The second-order valence-corrected chi connectivity index (χ2v) is 4.79. The molecule has 88 valence electrons. The van der Waals surface area contributed by atoms with Crippen LogP contribution in [0.1, 0.15) is 19.8 Å². The highest BCUT2D eigenvalue weighted by Gasteiger charge is 2.30. The molecule has 0 spiro atoms. The molecule has 1 aliphatic carbocycles. The maximum atomic E-state index is 11.7. The van der Waals surface area contributed by atoms with Crippen molar-refractivity contribution in [3.8, 4) is 0 Å². The molecular weight excluding hydrogens is 214 g/mol. The third-order valence-electron chi connectivity index (χ3n) is 2.40. The predicted molar refractivity (Wildman–Crippen MR) is 60.8 cm³/mol. The third kappa shape index (κ3) is 4.40. The van der Waals surface area contributed by atoms with Gasteiger partial charge in [-0.25, -0.2) is 0 Å². The Morgan fingerprint density at radius 3 is 2.73 bits per heavy atom. The van der Waals surface area contributed by atoms with Gasteiger partial charge in [-0.15, -0.1) is 11.8 Å².